The van der Waals surface area contributed by atoms with Crippen molar-refractivity contribution < 1.29 is 13.6 Å². The minimum Gasteiger partial charge on any atom is -0.357 e. The van der Waals surface area contributed by atoms with Gasteiger partial charge in [-0.15, -0.1) is 0 Å². The lowest BCUT2D eigenvalue weighted by atomic mass is 10.2. The molecule has 0 aliphatic carbocycles. The number of hydrogen-bond donors (Lipinski definition) is 1. The predicted octanol–water partition coefficient (Wildman–Crippen LogP) is 3.99. The summed E-state index contributed by atoms with van der Waals surface area (Å²) in [7, 11) is 0. The van der Waals surface area contributed by atoms with Crippen LogP contribution in [0.5, 0.6) is 0 Å². The Morgan fingerprint density at radius 2 is 1.79 bits per heavy atom. The van der Waals surface area contributed by atoms with Gasteiger partial charge < -0.3 is 10.2 Å². The van der Waals surface area contributed by atoms with Crippen molar-refractivity contribution in [1.29, 1.82) is 0 Å². The highest BCUT2D eigenvalue weighted by Crippen LogP contribution is 2.20. The standard InChI is InChI=1S/C18H19F2N3O/c19-14-5-6-15(20)16(12-14)22-18(24)13-7-8-21-17(11-13)23-9-3-1-2-4-10-23/h5-8,11-12H,1-4,9-10H2,(H,22,24). The number of anilines is 2. The smallest absolute Gasteiger partial charge is 0.255 e. The number of nitrogens with one attached hydrogen (secondary N) is 1. The third kappa shape index (κ3) is 3.88. The van der Waals surface area contributed by atoms with Crippen LogP contribution in [0.15, 0.2) is 36.5 Å². The zero-order valence-electron chi connectivity index (χ0n) is 13.3. The van der Waals surface area contributed by atoms with Gasteiger partial charge in [-0.2, -0.15) is 0 Å². The topological polar surface area (TPSA) is 45.2 Å². The number of hydrogen-bond acceptors (Lipinski definition) is 3. The molecule has 3 rings (SSSR count). The van der Waals surface area contributed by atoms with Crippen molar-refractivity contribution in [2.24, 2.45) is 0 Å². The second-order valence-electron chi connectivity index (χ2n) is 5.88. The maximum Gasteiger partial charge on any atom is 0.255 e. The SMILES string of the molecule is O=C(Nc1cc(F)ccc1F)c1ccnc(N2CCCCCC2)c1. The van der Waals surface area contributed by atoms with E-state index in [9.17, 15) is 13.6 Å². The molecule has 2 heterocycles. The summed E-state index contributed by atoms with van der Waals surface area (Å²) in [6.45, 7) is 1.83. The number of aromatic nitrogens is 1. The van der Waals surface area contributed by atoms with Crippen molar-refractivity contribution in [3.63, 3.8) is 0 Å². The molecule has 0 atom stereocenters. The summed E-state index contributed by atoms with van der Waals surface area (Å²) in [5.41, 5.74) is 0.195. The number of carbonyl (C=O) groups excluding carboxylic acids is 1. The molecule has 24 heavy (non-hydrogen) atoms. The summed E-state index contributed by atoms with van der Waals surface area (Å²) in [5, 5.41) is 2.41. The Kier molecular flexibility index (Phi) is 5.03. The molecule has 0 radical (unpaired) electrons. The van der Waals surface area contributed by atoms with Crippen LogP contribution in [0.3, 0.4) is 0 Å². The Morgan fingerprint density at radius 1 is 1.04 bits per heavy atom. The molecule has 6 heteroatoms. The molecular formula is C18H19F2N3O. The Balaban J connectivity index is 1.77. The molecule has 0 unspecified atom stereocenters. The fourth-order valence-electron chi connectivity index (χ4n) is 2.82. The number of carbonyl (C=O) groups is 1. The molecule has 0 saturated carbocycles. The van der Waals surface area contributed by atoms with Crippen molar-refractivity contribution >= 4 is 17.4 Å². The lowest BCUT2D eigenvalue weighted by Gasteiger charge is -2.21. The summed E-state index contributed by atoms with van der Waals surface area (Å²) in [6.07, 6.45) is 6.18. The molecular weight excluding hydrogens is 312 g/mol. The van der Waals surface area contributed by atoms with Gasteiger partial charge in [-0.25, -0.2) is 13.8 Å². The first-order valence-electron chi connectivity index (χ1n) is 8.11. The number of benzene rings is 1. The second-order valence-corrected chi connectivity index (χ2v) is 5.88. The Bertz CT molecular complexity index is 728. The van der Waals surface area contributed by atoms with Gasteiger partial charge in [0.25, 0.3) is 5.91 Å². The largest absolute Gasteiger partial charge is 0.357 e. The van der Waals surface area contributed by atoms with Crippen LogP contribution in [0.4, 0.5) is 20.3 Å². The van der Waals surface area contributed by atoms with Gasteiger partial charge in [0, 0.05) is 30.9 Å². The minimum absolute atomic E-state index is 0.173. The molecule has 1 N–H and O–H groups in total. The first-order chi connectivity index (χ1) is 11.6. The van der Waals surface area contributed by atoms with Crippen LogP contribution in [0.25, 0.3) is 0 Å². The summed E-state index contributed by atoms with van der Waals surface area (Å²) in [6, 6.07) is 6.21. The highest BCUT2D eigenvalue weighted by atomic mass is 19.1. The Labute approximate surface area is 139 Å². The summed E-state index contributed by atoms with van der Waals surface area (Å²) in [4.78, 5) is 18.8. The van der Waals surface area contributed by atoms with Crippen LogP contribution in [0.2, 0.25) is 0 Å². The first kappa shape index (κ1) is 16.4. The van der Waals surface area contributed by atoms with E-state index in [2.05, 4.69) is 15.2 Å². The number of halogens is 2. The van der Waals surface area contributed by atoms with Gasteiger partial charge in [-0.1, -0.05) is 12.8 Å². The normalized spacial score (nSPS) is 15.0. The van der Waals surface area contributed by atoms with Gasteiger partial charge in [0.1, 0.15) is 17.5 Å². The Hall–Kier alpha value is -2.50. The van der Waals surface area contributed by atoms with Gasteiger partial charge in [-0.05, 0) is 37.1 Å². The molecule has 0 bridgehead atoms. The van der Waals surface area contributed by atoms with Crippen LogP contribution < -0.4 is 10.2 Å². The van der Waals surface area contributed by atoms with Gasteiger partial charge >= 0.3 is 0 Å². The van der Waals surface area contributed by atoms with Crippen molar-refractivity contribution in [3.8, 4) is 0 Å². The van der Waals surface area contributed by atoms with E-state index in [1.54, 1.807) is 18.3 Å². The first-order valence-corrected chi connectivity index (χ1v) is 8.11. The lowest BCUT2D eigenvalue weighted by molar-refractivity contribution is 0.102. The van der Waals surface area contributed by atoms with Crippen molar-refractivity contribution in [1.82, 2.24) is 4.98 Å². The highest BCUT2D eigenvalue weighted by Gasteiger charge is 2.15. The quantitative estimate of drug-likeness (QED) is 0.925. The van der Waals surface area contributed by atoms with Crippen molar-refractivity contribution in [2.75, 3.05) is 23.3 Å². The number of nitrogens with zero attached hydrogens (tertiary/aromatic N) is 2. The van der Waals surface area contributed by atoms with E-state index in [1.807, 2.05) is 0 Å². The molecule has 0 spiro atoms. The molecule has 1 aliphatic heterocycles. The molecule has 1 aromatic carbocycles. The van der Waals surface area contributed by atoms with Crippen LogP contribution in [-0.4, -0.2) is 24.0 Å². The Morgan fingerprint density at radius 3 is 2.54 bits per heavy atom. The van der Waals surface area contributed by atoms with E-state index < -0.39 is 17.5 Å². The molecule has 4 nitrogen and oxygen atoms in total. The zero-order valence-corrected chi connectivity index (χ0v) is 13.3. The number of rotatable bonds is 3. The van der Waals surface area contributed by atoms with Crippen LogP contribution in [0, 0.1) is 11.6 Å². The fraction of sp³-hybridized carbons (Fsp3) is 0.333. The van der Waals surface area contributed by atoms with Gasteiger partial charge in [0.15, 0.2) is 0 Å². The van der Waals surface area contributed by atoms with E-state index in [4.69, 9.17) is 0 Å². The molecule has 1 aliphatic rings. The molecule has 1 amide bonds. The maximum absolute atomic E-state index is 13.7. The van der Waals surface area contributed by atoms with E-state index in [0.717, 1.165) is 49.9 Å². The lowest BCUT2D eigenvalue weighted by Crippen LogP contribution is -2.25. The average Bonchev–Trinajstić information content (AvgIpc) is 2.87. The van der Waals surface area contributed by atoms with Gasteiger partial charge in [0.05, 0.1) is 5.69 Å². The summed E-state index contributed by atoms with van der Waals surface area (Å²) < 4.78 is 26.9. The summed E-state index contributed by atoms with van der Waals surface area (Å²) >= 11 is 0. The monoisotopic (exact) mass is 331 g/mol. The number of amides is 1. The number of pyridine rings is 1. The molecule has 1 saturated heterocycles. The van der Waals surface area contributed by atoms with E-state index in [0.29, 0.717) is 5.56 Å². The van der Waals surface area contributed by atoms with Crippen molar-refractivity contribution in [2.45, 2.75) is 25.7 Å². The molecule has 2 aromatic rings. The predicted molar refractivity (Wildman–Crippen MR) is 89.2 cm³/mol. The highest BCUT2D eigenvalue weighted by molar-refractivity contribution is 6.04. The molecule has 1 aromatic heterocycles. The summed E-state index contributed by atoms with van der Waals surface area (Å²) in [5.74, 6) is -1.03. The third-order valence-corrected chi connectivity index (χ3v) is 4.11. The van der Waals surface area contributed by atoms with Crippen LogP contribution in [0.1, 0.15) is 36.0 Å². The second kappa shape index (κ2) is 7.38. The third-order valence-electron chi connectivity index (χ3n) is 4.11. The van der Waals surface area contributed by atoms with Crippen LogP contribution in [-0.2, 0) is 0 Å². The van der Waals surface area contributed by atoms with Crippen molar-refractivity contribution in [3.05, 3.63) is 53.7 Å². The maximum atomic E-state index is 13.7. The zero-order chi connectivity index (χ0) is 16.9. The van der Waals surface area contributed by atoms with E-state index in [-0.39, 0.29) is 5.69 Å². The van der Waals surface area contributed by atoms with Crippen LogP contribution >= 0.6 is 0 Å². The fourth-order valence-corrected chi connectivity index (χ4v) is 2.82. The average molecular weight is 331 g/mol. The van der Waals surface area contributed by atoms with E-state index >= 15 is 0 Å². The van der Waals surface area contributed by atoms with Gasteiger partial charge in [0.2, 0.25) is 0 Å². The van der Waals surface area contributed by atoms with Gasteiger partial charge in [-0.3, -0.25) is 4.79 Å². The molecule has 1 fully saturated rings. The minimum atomic E-state index is -0.674. The van der Waals surface area contributed by atoms with E-state index in [1.165, 1.54) is 12.8 Å². The molecule has 126 valence electrons.